The quantitative estimate of drug-likeness (QED) is 0.895. The number of halogens is 3. The zero-order valence-electron chi connectivity index (χ0n) is 9.48. The van der Waals surface area contributed by atoms with Gasteiger partial charge in [-0.2, -0.15) is 0 Å². The Morgan fingerprint density at radius 2 is 1.94 bits per heavy atom. The van der Waals surface area contributed by atoms with Gasteiger partial charge in [-0.25, -0.2) is 8.78 Å². The Balaban J connectivity index is 1.89. The maximum atomic E-state index is 13.4. The average molecular weight is 261 g/mol. The summed E-state index contributed by atoms with van der Waals surface area (Å²) in [7, 11) is 0. The molecular weight excluding hydrogens is 246 g/mol. The van der Waals surface area contributed by atoms with Crippen LogP contribution >= 0.6 is 11.6 Å². The predicted molar refractivity (Wildman–Crippen MR) is 65.5 cm³/mol. The fourth-order valence-corrected chi connectivity index (χ4v) is 2.32. The molecule has 1 saturated heterocycles. The summed E-state index contributed by atoms with van der Waals surface area (Å²) in [5, 5.41) is 3.01. The molecular formula is C12H15ClF2N2. The molecule has 0 radical (unpaired) electrons. The molecule has 1 aromatic rings. The molecule has 0 spiro atoms. The van der Waals surface area contributed by atoms with E-state index in [1.807, 2.05) is 0 Å². The maximum Gasteiger partial charge on any atom is 0.150 e. The van der Waals surface area contributed by atoms with Crippen LogP contribution in [0, 0.1) is 11.6 Å². The van der Waals surface area contributed by atoms with E-state index in [1.165, 1.54) is 12.8 Å². The first-order chi connectivity index (χ1) is 8.16. The topological polar surface area (TPSA) is 15.3 Å². The summed E-state index contributed by atoms with van der Waals surface area (Å²) in [6.45, 7) is 3.66. The molecule has 0 saturated carbocycles. The number of hydrogen-bond acceptors (Lipinski definition) is 2. The standard InChI is InChI=1S/C12H15ClF2N2/c13-10-7-9(14)8-11(15)12(10)16-3-6-17-4-1-2-5-17/h7-8,16H,1-6H2. The maximum absolute atomic E-state index is 13.4. The van der Waals surface area contributed by atoms with Gasteiger partial charge < -0.3 is 10.2 Å². The van der Waals surface area contributed by atoms with Gasteiger partial charge in [-0.05, 0) is 32.0 Å². The molecule has 0 unspecified atom stereocenters. The molecule has 1 aliphatic rings. The van der Waals surface area contributed by atoms with Crippen LogP contribution in [0.15, 0.2) is 12.1 Å². The van der Waals surface area contributed by atoms with Gasteiger partial charge in [-0.15, -0.1) is 0 Å². The Labute approximate surface area is 105 Å². The number of nitrogens with one attached hydrogen (secondary N) is 1. The molecule has 5 heteroatoms. The predicted octanol–water partition coefficient (Wildman–Crippen LogP) is 3.13. The van der Waals surface area contributed by atoms with Crippen LogP contribution in [0.25, 0.3) is 0 Å². The molecule has 17 heavy (non-hydrogen) atoms. The SMILES string of the molecule is Fc1cc(F)c(NCCN2CCCC2)c(Cl)c1. The summed E-state index contributed by atoms with van der Waals surface area (Å²) in [5.41, 5.74) is 0.187. The molecule has 1 N–H and O–H groups in total. The number of anilines is 1. The highest BCUT2D eigenvalue weighted by Gasteiger charge is 2.12. The third kappa shape index (κ3) is 3.30. The van der Waals surface area contributed by atoms with Gasteiger partial charge in [0.25, 0.3) is 0 Å². The van der Waals surface area contributed by atoms with Crippen molar-refractivity contribution in [1.82, 2.24) is 4.90 Å². The second kappa shape index (κ2) is 5.65. The van der Waals surface area contributed by atoms with E-state index in [2.05, 4.69) is 10.2 Å². The normalized spacial score (nSPS) is 16.4. The lowest BCUT2D eigenvalue weighted by molar-refractivity contribution is 0.352. The van der Waals surface area contributed by atoms with Crippen molar-refractivity contribution >= 4 is 17.3 Å². The van der Waals surface area contributed by atoms with Crippen molar-refractivity contribution < 1.29 is 8.78 Å². The monoisotopic (exact) mass is 260 g/mol. The van der Waals surface area contributed by atoms with E-state index in [9.17, 15) is 8.78 Å². The second-order valence-electron chi connectivity index (χ2n) is 4.22. The number of nitrogens with zero attached hydrogens (tertiary/aromatic N) is 1. The first-order valence-corrected chi connectivity index (χ1v) is 6.15. The minimum atomic E-state index is -0.655. The number of rotatable bonds is 4. The zero-order valence-corrected chi connectivity index (χ0v) is 10.2. The van der Waals surface area contributed by atoms with Gasteiger partial charge >= 0.3 is 0 Å². The molecule has 1 aliphatic heterocycles. The van der Waals surface area contributed by atoms with Crippen molar-refractivity contribution in [3.63, 3.8) is 0 Å². The van der Waals surface area contributed by atoms with Crippen LogP contribution in [0.2, 0.25) is 5.02 Å². The van der Waals surface area contributed by atoms with Crippen LogP contribution in [0.4, 0.5) is 14.5 Å². The van der Waals surface area contributed by atoms with Crippen molar-refractivity contribution in [3.05, 3.63) is 28.8 Å². The molecule has 0 aliphatic carbocycles. The Morgan fingerprint density at radius 1 is 1.24 bits per heavy atom. The zero-order chi connectivity index (χ0) is 12.3. The van der Waals surface area contributed by atoms with Crippen LogP contribution in [0.3, 0.4) is 0 Å². The van der Waals surface area contributed by atoms with Crippen molar-refractivity contribution in [2.75, 3.05) is 31.5 Å². The smallest absolute Gasteiger partial charge is 0.150 e. The molecule has 0 bridgehead atoms. The molecule has 0 atom stereocenters. The lowest BCUT2D eigenvalue weighted by Gasteiger charge is -2.16. The summed E-state index contributed by atoms with van der Waals surface area (Å²) in [5.74, 6) is -1.30. The molecule has 0 amide bonds. The van der Waals surface area contributed by atoms with Crippen molar-refractivity contribution in [2.24, 2.45) is 0 Å². The Morgan fingerprint density at radius 3 is 2.59 bits per heavy atom. The average Bonchev–Trinajstić information content (AvgIpc) is 2.74. The van der Waals surface area contributed by atoms with Gasteiger partial charge in [0.1, 0.15) is 5.82 Å². The van der Waals surface area contributed by atoms with E-state index < -0.39 is 11.6 Å². The van der Waals surface area contributed by atoms with Gasteiger partial charge in [0.15, 0.2) is 5.82 Å². The largest absolute Gasteiger partial charge is 0.380 e. The highest BCUT2D eigenvalue weighted by Crippen LogP contribution is 2.26. The third-order valence-electron chi connectivity index (χ3n) is 2.94. The van der Waals surface area contributed by atoms with E-state index in [-0.39, 0.29) is 10.7 Å². The summed E-state index contributed by atoms with van der Waals surface area (Å²) in [4.78, 5) is 2.31. The summed E-state index contributed by atoms with van der Waals surface area (Å²) in [6.07, 6.45) is 2.46. The lowest BCUT2D eigenvalue weighted by atomic mass is 10.3. The van der Waals surface area contributed by atoms with Gasteiger partial charge in [-0.3, -0.25) is 0 Å². The van der Waals surface area contributed by atoms with Gasteiger partial charge in [-0.1, -0.05) is 11.6 Å². The summed E-state index contributed by atoms with van der Waals surface area (Å²) >= 11 is 5.77. The van der Waals surface area contributed by atoms with Gasteiger partial charge in [0.2, 0.25) is 0 Å². The van der Waals surface area contributed by atoms with Crippen molar-refractivity contribution in [3.8, 4) is 0 Å². The Bertz CT molecular complexity index is 369. The first-order valence-electron chi connectivity index (χ1n) is 5.77. The van der Waals surface area contributed by atoms with Crippen LogP contribution in [-0.4, -0.2) is 31.1 Å². The van der Waals surface area contributed by atoms with Crippen LogP contribution in [0.5, 0.6) is 0 Å². The minimum absolute atomic E-state index is 0.0870. The van der Waals surface area contributed by atoms with Crippen molar-refractivity contribution in [2.45, 2.75) is 12.8 Å². The number of benzene rings is 1. The molecule has 2 rings (SSSR count). The lowest BCUT2D eigenvalue weighted by Crippen LogP contribution is -2.26. The highest BCUT2D eigenvalue weighted by atomic mass is 35.5. The number of likely N-dealkylation sites (tertiary alicyclic amines) is 1. The molecule has 1 aromatic carbocycles. The minimum Gasteiger partial charge on any atom is -0.380 e. The Hall–Kier alpha value is -0.870. The summed E-state index contributed by atoms with van der Waals surface area (Å²) in [6, 6.07) is 1.95. The van der Waals surface area contributed by atoms with Gasteiger partial charge in [0.05, 0.1) is 10.7 Å². The van der Waals surface area contributed by atoms with E-state index in [1.54, 1.807) is 0 Å². The third-order valence-corrected chi connectivity index (χ3v) is 3.23. The van der Waals surface area contributed by atoms with Gasteiger partial charge in [0, 0.05) is 19.2 Å². The Kier molecular flexibility index (Phi) is 4.18. The van der Waals surface area contributed by atoms with Crippen molar-refractivity contribution in [1.29, 1.82) is 0 Å². The van der Waals surface area contributed by atoms with E-state index >= 15 is 0 Å². The molecule has 94 valence electrons. The molecule has 1 fully saturated rings. The van der Waals surface area contributed by atoms with E-state index in [0.29, 0.717) is 6.54 Å². The second-order valence-corrected chi connectivity index (χ2v) is 4.63. The summed E-state index contributed by atoms with van der Waals surface area (Å²) < 4.78 is 26.2. The highest BCUT2D eigenvalue weighted by molar-refractivity contribution is 6.33. The molecule has 1 heterocycles. The van der Waals surface area contributed by atoms with E-state index in [4.69, 9.17) is 11.6 Å². The number of hydrogen-bond donors (Lipinski definition) is 1. The fourth-order valence-electron chi connectivity index (χ4n) is 2.06. The van der Waals surface area contributed by atoms with Crippen LogP contribution < -0.4 is 5.32 Å². The fraction of sp³-hybridized carbons (Fsp3) is 0.500. The molecule has 2 nitrogen and oxygen atoms in total. The molecule has 0 aromatic heterocycles. The van der Waals surface area contributed by atoms with Crippen LogP contribution in [-0.2, 0) is 0 Å². The first kappa shape index (κ1) is 12.6. The van der Waals surface area contributed by atoms with Crippen LogP contribution in [0.1, 0.15) is 12.8 Å². The van der Waals surface area contributed by atoms with E-state index in [0.717, 1.165) is 31.8 Å².